The Morgan fingerprint density at radius 2 is 1.39 bits per heavy atom. The van der Waals surface area contributed by atoms with E-state index < -0.39 is 95.4 Å². The number of methoxy groups -OCH3 is 1. The minimum absolute atomic E-state index is 0.0208. The molecule has 6 rings (SSSR count). The molecule has 79 heavy (non-hydrogen) atoms. The minimum Gasteiger partial charge on any atom is -0.477 e. The van der Waals surface area contributed by atoms with E-state index in [-0.39, 0.29) is 45.4 Å². The van der Waals surface area contributed by atoms with Gasteiger partial charge in [-0.3, -0.25) is 15.4 Å². The van der Waals surface area contributed by atoms with Gasteiger partial charge in [0.25, 0.3) is 0 Å². The van der Waals surface area contributed by atoms with Gasteiger partial charge in [-0.05, 0) is 83.7 Å². The molecule has 2 aromatic carbocycles. The summed E-state index contributed by atoms with van der Waals surface area (Å²) in [6.45, 7) is 16.6. The Balaban J connectivity index is 0.961. The summed E-state index contributed by atoms with van der Waals surface area (Å²) in [6, 6.07) is 13.7. The fourth-order valence-corrected chi connectivity index (χ4v) is 8.43. The molecule has 3 aromatic rings. The number of nitrogens with zero attached hydrogens (tertiary/aromatic N) is 4. The molecule has 0 bridgehead atoms. The maximum atomic E-state index is 13.7. The van der Waals surface area contributed by atoms with Gasteiger partial charge in [-0.25, -0.2) is 33.6 Å². The zero-order chi connectivity index (χ0) is 57.3. The summed E-state index contributed by atoms with van der Waals surface area (Å²) in [5.74, 6) is -3.66. The molecule has 1 saturated heterocycles. The third-order valence-corrected chi connectivity index (χ3v) is 11.6. The van der Waals surface area contributed by atoms with Crippen LogP contribution in [-0.2, 0) is 74.8 Å². The third kappa shape index (κ3) is 19.2. The fraction of sp³-hybridized carbons (Fsp3) is 0.566. The molecule has 5 N–H and O–H groups in total. The van der Waals surface area contributed by atoms with Gasteiger partial charge in [-0.1, -0.05) is 53.7 Å². The smallest absolute Gasteiger partial charge is 0.414 e. The summed E-state index contributed by atoms with van der Waals surface area (Å²) < 4.78 is 63.9. The molecule has 2 aliphatic heterocycles. The van der Waals surface area contributed by atoms with Crippen LogP contribution in [-0.4, -0.2) is 171 Å². The average molecular weight is 1110 g/mol. The summed E-state index contributed by atoms with van der Waals surface area (Å²) in [7, 11) is 1.11. The van der Waals surface area contributed by atoms with Crippen molar-refractivity contribution >= 4 is 42.2 Å². The number of carbonyl (C=O) groups is 6. The summed E-state index contributed by atoms with van der Waals surface area (Å²) in [6.07, 6.45) is -4.67. The third-order valence-electron chi connectivity index (χ3n) is 11.6. The van der Waals surface area contributed by atoms with Crippen molar-refractivity contribution in [2.24, 2.45) is 4.99 Å². The first kappa shape index (κ1) is 60.8. The number of fused-ring (bicyclic) bond motifs is 3. The van der Waals surface area contributed by atoms with Crippen LogP contribution in [0.1, 0.15) is 85.1 Å². The molecular formula is C53H73N9O17. The second-order valence-electron chi connectivity index (χ2n) is 20.7. The molecule has 5 amide bonds. The van der Waals surface area contributed by atoms with Crippen LogP contribution in [0.3, 0.4) is 0 Å². The van der Waals surface area contributed by atoms with E-state index in [0.29, 0.717) is 38.7 Å². The second kappa shape index (κ2) is 28.0. The molecule has 1 fully saturated rings. The van der Waals surface area contributed by atoms with Crippen LogP contribution >= 0.6 is 0 Å². The Morgan fingerprint density at radius 1 is 0.797 bits per heavy atom. The average Bonchev–Trinajstić information content (AvgIpc) is 4.22. The van der Waals surface area contributed by atoms with Crippen LogP contribution in [0.15, 0.2) is 71.6 Å². The van der Waals surface area contributed by atoms with E-state index in [0.717, 1.165) is 29.4 Å². The van der Waals surface area contributed by atoms with Crippen molar-refractivity contribution in [3.05, 3.63) is 83.4 Å². The van der Waals surface area contributed by atoms with Crippen molar-refractivity contribution in [1.29, 1.82) is 0 Å². The first-order valence-corrected chi connectivity index (χ1v) is 25.8. The van der Waals surface area contributed by atoms with Crippen LogP contribution in [0.25, 0.3) is 11.1 Å². The number of aliphatic imine (C=N–C) groups is 1. The second-order valence-corrected chi connectivity index (χ2v) is 20.7. The van der Waals surface area contributed by atoms with Gasteiger partial charge in [-0.15, -0.1) is 5.10 Å². The van der Waals surface area contributed by atoms with Gasteiger partial charge < -0.3 is 68.1 Å². The molecule has 0 spiro atoms. The minimum atomic E-state index is -1.47. The van der Waals surface area contributed by atoms with Gasteiger partial charge >= 0.3 is 30.3 Å². The lowest BCUT2D eigenvalue weighted by Gasteiger charge is -2.40. The molecule has 26 heteroatoms. The van der Waals surface area contributed by atoms with Crippen molar-refractivity contribution in [2.45, 2.75) is 129 Å². The van der Waals surface area contributed by atoms with Crippen molar-refractivity contribution in [3.63, 3.8) is 0 Å². The first-order valence-electron chi connectivity index (χ1n) is 25.8. The van der Waals surface area contributed by atoms with Crippen molar-refractivity contribution in [1.82, 2.24) is 41.6 Å². The summed E-state index contributed by atoms with van der Waals surface area (Å²) in [4.78, 5) is 82.8. The number of ether oxygens (including phenoxy) is 11. The number of alkyl carbamates (subject to hydrolysis) is 4. The quantitative estimate of drug-likeness (QED) is 0.0307. The summed E-state index contributed by atoms with van der Waals surface area (Å²) in [5.41, 5.74) is 3.04. The largest absolute Gasteiger partial charge is 0.477 e. The molecule has 0 radical (unpaired) electrons. The topological polar surface area (TPSA) is 307 Å². The molecule has 3 heterocycles. The maximum absolute atomic E-state index is 13.7. The Labute approximate surface area is 458 Å². The van der Waals surface area contributed by atoms with E-state index in [1.54, 1.807) is 61.6 Å². The van der Waals surface area contributed by atoms with Gasteiger partial charge in [-0.2, -0.15) is 0 Å². The maximum Gasteiger partial charge on any atom is 0.414 e. The SMILES string of the molecule is COC(=O)C1=C[C@H](N=C(NC(=O)OC(C)(C)C)NC(=O)OC(C)(C)C)[C@@H](NC(C)=O)[C@H]([C@H](OC(=O)NCc2cn(CCOCCOCCOCCNC(=O)OCC3c4ccccc4-c4ccccc43)nn2)[C@H]2COC(C)(C)O2)O1. The number of rotatable bonds is 22. The van der Waals surface area contributed by atoms with E-state index in [1.165, 1.54) is 17.7 Å². The standard InChI is InChI=1S/C53H73N9O17/c1-32(63)56-42-39(57-46(58-49(67)78-51(2,3)4)59-50(68)79-52(5,6)7)27-40(45(64)69-10)75-44(42)43(41-31-74-53(8,9)77-41)76-48(66)55-28-33-29-62(61-60-33)20-22-71-24-26-72-25-23-70-21-19-54-47(65)73-30-38-36-17-13-11-15-34(36)35-16-12-14-18-37(35)38/h11-18,27,29,38-39,41-44H,19-26,28,30-31H2,1-10H3,(H,54,65)(H,55,66)(H,56,63)(H2,57,58,59,67,68)/t39-,41+,42+,43+,44+/m0/s1. The zero-order valence-electron chi connectivity index (χ0n) is 46.2. The predicted octanol–water partition coefficient (Wildman–Crippen LogP) is 4.35. The molecule has 3 aliphatic rings. The van der Waals surface area contributed by atoms with Crippen LogP contribution < -0.4 is 26.6 Å². The van der Waals surface area contributed by atoms with Crippen molar-refractivity contribution < 1.29 is 80.9 Å². The van der Waals surface area contributed by atoms with Gasteiger partial charge in [0.15, 0.2) is 18.0 Å². The summed E-state index contributed by atoms with van der Waals surface area (Å²) >= 11 is 0. The monoisotopic (exact) mass is 1110 g/mol. The molecule has 1 aliphatic carbocycles. The molecule has 0 unspecified atom stereocenters. The van der Waals surface area contributed by atoms with Crippen LogP contribution in [0, 0.1) is 0 Å². The lowest BCUT2D eigenvalue weighted by Crippen LogP contribution is -2.61. The number of guanidine groups is 1. The van der Waals surface area contributed by atoms with Crippen LogP contribution in [0.2, 0.25) is 0 Å². The van der Waals surface area contributed by atoms with Gasteiger partial charge in [0, 0.05) is 19.4 Å². The highest BCUT2D eigenvalue weighted by Crippen LogP contribution is 2.44. The number of benzene rings is 2. The Bertz CT molecular complexity index is 2570. The van der Waals surface area contributed by atoms with Crippen LogP contribution in [0.4, 0.5) is 19.2 Å². The molecule has 1 aromatic heterocycles. The number of carbonyl (C=O) groups excluding carboxylic acids is 6. The molecule has 0 saturated carbocycles. The number of hydrogen-bond donors (Lipinski definition) is 5. The Hall–Kier alpha value is -7.39. The molecule has 432 valence electrons. The van der Waals surface area contributed by atoms with E-state index in [9.17, 15) is 28.8 Å². The number of hydrogen-bond acceptors (Lipinski definition) is 20. The fourth-order valence-electron chi connectivity index (χ4n) is 8.43. The van der Waals surface area contributed by atoms with Gasteiger partial charge in [0.1, 0.15) is 29.6 Å². The number of esters is 1. The molecular weight excluding hydrogens is 1030 g/mol. The highest BCUT2D eigenvalue weighted by Gasteiger charge is 2.51. The lowest BCUT2D eigenvalue weighted by atomic mass is 9.92. The number of amides is 5. The molecule has 26 nitrogen and oxygen atoms in total. The Morgan fingerprint density at radius 3 is 1.96 bits per heavy atom. The van der Waals surface area contributed by atoms with Crippen molar-refractivity contribution in [2.75, 3.05) is 66.5 Å². The predicted molar refractivity (Wildman–Crippen MR) is 280 cm³/mol. The number of aromatic nitrogens is 3. The first-order chi connectivity index (χ1) is 37.5. The highest BCUT2D eigenvalue weighted by molar-refractivity contribution is 6.01. The highest BCUT2D eigenvalue weighted by atomic mass is 16.8. The van der Waals surface area contributed by atoms with Gasteiger partial charge in [0.05, 0.1) is 84.7 Å². The van der Waals surface area contributed by atoms with E-state index in [4.69, 9.17) is 52.1 Å². The van der Waals surface area contributed by atoms with Crippen LogP contribution in [0.5, 0.6) is 0 Å². The van der Waals surface area contributed by atoms with E-state index in [1.807, 2.05) is 24.3 Å². The lowest BCUT2D eigenvalue weighted by molar-refractivity contribution is -0.169. The Kier molecular flexibility index (Phi) is 21.5. The normalized spacial score (nSPS) is 18.7. The van der Waals surface area contributed by atoms with Crippen molar-refractivity contribution in [3.8, 4) is 11.1 Å². The van der Waals surface area contributed by atoms with E-state index >= 15 is 0 Å². The number of nitrogens with one attached hydrogen (secondary N) is 5. The summed E-state index contributed by atoms with van der Waals surface area (Å²) in [5, 5.41) is 21.1. The molecule has 5 atom stereocenters. The zero-order valence-corrected chi connectivity index (χ0v) is 46.2. The van der Waals surface area contributed by atoms with E-state index in [2.05, 4.69) is 66.2 Å². The van der Waals surface area contributed by atoms with Gasteiger partial charge in [0.2, 0.25) is 17.6 Å².